The quantitative estimate of drug-likeness (QED) is 0.692. The third-order valence-corrected chi connectivity index (χ3v) is 2.72. The van der Waals surface area contributed by atoms with E-state index in [0.29, 0.717) is 19.0 Å². The predicted molar refractivity (Wildman–Crippen MR) is 66.9 cm³/mol. The largest absolute Gasteiger partial charge is 0.382 e. The molecule has 0 atom stereocenters. The van der Waals surface area contributed by atoms with Crippen molar-refractivity contribution in [1.29, 1.82) is 0 Å². The molecule has 1 saturated carbocycles. The van der Waals surface area contributed by atoms with E-state index in [2.05, 4.69) is 15.5 Å². The molecule has 2 rings (SSSR count). The molecule has 98 valence electrons. The van der Waals surface area contributed by atoms with E-state index in [1.165, 1.54) is 12.8 Å². The van der Waals surface area contributed by atoms with Crippen molar-refractivity contribution in [2.45, 2.75) is 19.3 Å². The van der Waals surface area contributed by atoms with Crippen LogP contribution in [0.3, 0.4) is 0 Å². The highest BCUT2D eigenvalue weighted by Gasteiger charge is 2.20. The van der Waals surface area contributed by atoms with Crippen molar-refractivity contribution in [2.75, 3.05) is 25.5 Å². The van der Waals surface area contributed by atoms with Crippen molar-refractivity contribution in [3.63, 3.8) is 0 Å². The number of amides is 1. The lowest BCUT2D eigenvalue weighted by atomic mass is 10.3. The molecule has 1 aliphatic rings. The van der Waals surface area contributed by atoms with Crippen molar-refractivity contribution in [3.8, 4) is 0 Å². The Morgan fingerprint density at radius 3 is 2.94 bits per heavy atom. The molecule has 0 radical (unpaired) electrons. The summed E-state index contributed by atoms with van der Waals surface area (Å²) >= 11 is 0. The molecule has 1 heterocycles. The van der Waals surface area contributed by atoms with Gasteiger partial charge in [0.2, 0.25) is 0 Å². The van der Waals surface area contributed by atoms with E-state index < -0.39 is 0 Å². The van der Waals surface area contributed by atoms with Crippen LogP contribution in [0.5, 0.6) is 0 Å². The Hall–Kier alpha value is -1.69. The van der Waals surface area contributed by atoms with Gasteiger partial charge < -0.3 is 15.8 Å². The molecule has 0 aliphatic heterocycles. The van der Waals surface area contributed by atoms with Crippen LogP contribution in [0.2, 0.25) is 0 Å². The van der Waals surface area contributed by atoms with Gasteiger partial charge in [0, 0.05) is 19.8 Å². The van der Waals surface area contributed by atoms with Gasteiger partial charge in [0.15, 0.2) is 5.69 Å². The summed E-state index contributed by atoms with van der Waals surface area (Å²) in [6.45, 7) is 2.12. The minimum Gasteiger partial charge on any atom is -0.382 e. The van der Waals surface area contributed by atoms with Crippen LogP contribution in [0.25, 0.3) is 0 Å². The lowest BCUT2D eigenvalue weighted by molar-refractivity contribution is 0.0931. The zero-order valence-electron chi connectivity index (χ0n) is 10.3. The second kappa shape index (κ2) is 6.30. The highest BCUT2D eigenvalue weighted by atomic mass is 16.5. The van der Waals surface area contributed by atoms with Crippen LogP contribution in [0, 0.1) is 5.92 Å². The van der Waals surface area contributed by atoms with Crippen LogP contribution in [-0.2, 0) is 4.74 Å². The monoisotopic (exact) mass is 250 g/mol. The molecule has 1 aliphatic carbocycles. The Bertz CT molecular complexity index is 390. The number of hydrogen-bond acceptors (Lipinski definition) is 5. The maximum absolute atomic E-state index is 11.6. The summed E-state index contributed by atoms with van der Waals surface area (Å²) in [5, 5.41) is 10.1. The van der Waals surface area contributed by atoms with E-state index in [4.69, 9.17) is 10.5 Å². The number of nitrogens with two attached hydrogens (primary N) is 1. The third kappa shape index (κ3) is 4.29. The lowest BCUT2D eigenvalue weighted by Gasteiger charge is -2.05. The molecule has 0 saturated heterocycles. The highest BCUT2D eigenvalue weighted by Crippen LogP contribution is 2.28. The van der Waals surface area contributed by atoms with E-state index in [9.17, 15) is 4.79 Å². The average Bonchev–Trinajstić information content (AvgIpc) is 3.18. The summed E-state index contributed by atoms with van der Waals surface area (Å²) in [6, 6.07) is 3.11. The summed E-state index contributed by atoms with van der Waals surface area (Å²) in [7, 11) is 0. The second-order valence-corrected chi connectivity index (χ2v) is 4.47. The first kappa shape index (κ1) is 12.8. The van der Waals surface area contributed by atoms with Crippen molar-refractivity contribution in [2.24, 2.45) is 5.92 Å². The van der Waals surface area contributed by atoms with Gasteiger partial charge in [0.25, 0.3) is 5.91 Å². The van der Waals surface area contributed by atoms with Crippen LogP contribution in [0.15, 0.2) is 12.1 Å². The molecular formula is C12H18N4O2. The van der Waals surface area contributed by atoms with Crippen molar-refractivity contribution < 1.29 is 9.53 Å². The third-order valence-electron chi connectivity index (χ3n) is 2.72. The van der Waals surface area contributed by atoms with Gasteiger partial charge in [-0.3, -0.25) is 4.79 Å². The van der Waals surface area contributed by atoms with E-state index in [1.54, 1.807) is 12.1 Å². The molecule has 0 aromatic carbocycles. The number of ether oxygens (including phenoxy) is 1. The maximum atomic E-state index is 11.6. The Balaban J connectivity index is 1.57. The van der Waals surface area contributed by atoms with Gasteiger partial charge in [-0.1, -0.05) is 0 Å². The Morgan fingerprint density at radius 2 is 2.28 bits per heavy atom. The zero-order valence-corrected chi connectivity index (χ0v) is 10.3. The highest BCUT2D eigenvalue weighted by molar-refractivity contribution is 5.92. The normalized spacial score (nSPS) is 14.4. The number of carbonyl (C=O) groups excluding carboxylic acids is 1. The van der Waals surface area contributed by atoms with Gasteiger partial charge >= 0.3 is 0 Å². The van der Waals surface area contributed by atoms with Crippen molar-refractivity contribution >= 4 is 11.7 Å². The molecule has 18 heavy (non-hydrogen) atoms. The van der Waals surface area contributed by atoms with Gasteiger partial charge in [-0.25, -0.2) is 0 Å². The van der Waals surface area contributed by atoms with Gasteiger partial charge in [0.05, 0.1) is 0 Å². The standard InChI is InChI=1S/C12H18N4O2/c13-11-5-4-10(15-16-11)12(17)14-6-1-7-18-8-9-2-3-9/h4-5,9H,1-3,6-8H2,(H2,13,16)(H,14,17). The Labute approximate surface area is 106 Å². The fourth-order valence-electron chi connectivity index (χ4n) is 1.46. The number of anilines is 1. The number of rotatable bonds is 7. The number of nitrogens with zero attached hydrogens (tertiary/aromatic N) is 2. The predicted octanol–water partition coefficient (Wildman–Crippen LogP) is 0.605. The number of aromatic nitrogens is 2. The van der Waals surface area contributed by atoms with E-state index >= 15 is 0 Å². The summed E-state index contributed by atoms with van der Waals surface area (Å²) in [5.74, 6) is 0.856. The first-order valence-electron chi connectivity index (χ1n) is 6.21. The summed E-state index contributed by atoms with van der Waals surface area (Å²) in [4.78, 5) is 11.6. The van der Waals surface area contributed by atoms with Crippen LogP contribution < -0.4 is 11.1 Å². The Kier molecular flexibility index (Phi) is 4.46. The number of nitrogens with one attached hydrogen (secondary N) is 1. The molecule has 0 spiro atoms. The maximum Gasteiger partial charge on any atom is 0.271 e. The van der Waals surface area contributed by atoms with E-state index in [1.807, 2.05) is 0 Å². The summed E-state index contributed by atoms with van der Waals surface area (Å²) in [5.41, 5.74) is 5.67. The first-order chi connectivity index (χ1) is 8.75. The van der Waals surface area contributed by atoms with E-state index in [0.717, 1.165) is 18.9 Å². The molecular weight excluding hydrogens is 232 g/mol. The number of nitrogen functional groups attached to an aromatic ring is 1. The average molecular weight is 250 g/mol. The van der Waals surface area contributed by atoms with Gasteiger partial charge in [-0.05, 0) is 37.3 Å². The topological polar surface area (TPSA) is 90.1 Å². The van der Waals surface area contributed by atoms with Gasteiger partial charge in [-0.2, -0.15) is 0 Å². The van der Waals surface area contributed by atoms with Crippen molar-refractivity contribution in [3.05, 3.63) is 17.8 Å². The van der Waals surface area contributed by atoms with Crippen LogP contribution in [0.4, 0.5) is 5.82 Å². The molecule has 0 bridgehead atoms. The second-order valence-electron chi connectivity index (χ2n) is 4.47. The smallest absolute Gasteiger partial charge is 0.271 e. The molecule has 1 aromatic rings. The van der Waals surface area contributed by atoms with Gasteiger partial charge in [0.1, 0.15) is 5.82 Å². The van der Waals surface area contributed by atoms with Crippen molar-refractivity contribution in [1.82, 2.24) is 15.5 Å². The molecule has 3 N–H and O–H groups in total. The summed E-state index contributed by atoms with van der Waals surface area (Å²) in [6.07, 6.45) is 3.40. The minimum absolute atomic E-state index is 0.232. The minimum atomic E-state index is -0.232. The van der Waals surface area contributed by atoms with Crippen LogP contribution in [0.1, 0.15) is 29.8 Å². The van der Waals surface area contributed by atoms with Gasteiger partial charge in [-0.15, -0.1) is 10.2 Å². The molecule has 6 heteroatoms. The molecule has 1 amide bonds. The Morgan fingerprint density at radius 1 is 1.44 bits per heavy atom. The van der Waals surface area contributed by atoms with E-state index in [-0.39, 0.29) is 11.6 Å². The fourth-order valence-corrected chi connectivity index (χ4v) is 1.46. The molecule has 6 nitrogen and oxygen atoms in total. The molecule has 0 unspecified atom stereocenters. The lowest BCUT2D eigenvalue weighted by Crippen LogP contribution is -2.26. The SMILES string of the molecule is Nc1ccc(C(=O)NCCCOCC2CC2)nn1. The number of carbonyl (C=O) groups is 1. The molecule has 1 aromatic heterocycles. The fraction of sp³-hybridized carbons (Fsp3) is 0.583. The summed E-state index contributed by atoms with van der Waals surface area (Å²) < 4.78 is 5.47. The molecule has 1 fully saturated rings. The first-order valence-corrected chi connectivity index (χ1v) is 6.21. The zero-order chi connectivity index (χ0) is 12.8. The van der Waals surface area contributed by atoms with Crippen LogP contribution in [-0.4, -0.2) is 35.9 Å². The van der Waals surface area contributed by atoms with Crippen LogP contribution >= 0.6 is 0 Å². The number of hydrogen-bond donors (Lipinski definition) is 2.